The first kappa shape index (κ1) is 17.9. The van der Waals surface area contributed by atoms with Crippen molar-refractivity contribution in [3.05, 3.63) is 0 Å². The predicted molar refractivity (Wildman–Crippen MR) is 75.9 cm³/mol. The molecular weight excluding hydrogens is 242 g/mol. The maximum atomic E-state index is 10.8. The maximum Gasteiger partial charge on any atom is 0.317 e. The molecule has 5 nitrogen and oxygen atoms in total. The number of nitrogens with zero attached hydrogens (tertiary/aromatic N) is 3. The number of carboxylic acid groups (broad SMARTS) is 1. The Labute approximate surface area is 116 Å². The number of hydrogen-bond donors (Lipinski definition) is 1. The first-order chi connectivity index (χ1) is 8.76. The number of unbranched alkanes of at least 4 members (excludes halogenated alkanes) is 1. The zero-order chi connectivity index (χ0) is 14.9. The number of likely N-dealkylation sites (N-methyl/N-ethyl adjacent to an activating group) is 1. The molecular formula is C14H27N3O2. The van der Waals surface area contributed by atoms with Gasteiger partial charge in [0.2, 0.25) is 0 Å². The molecule has 0 atom stereocenters. The van der Waals surface area contributed by atoms with E-state index in [0.29, 0.717) is 0 Å². The van der Waals surface area contributed by atoms with Gasteiger partial charge in [0, 0.05) is 13.1 Å². The van der Waals surface area contributed by atoms with E-state index >= 15 is 0 Å². The maximum absolute atomic E-state index is 10.8. The van der Waals surface area contributed by atoms with Gasteiger partial charge >= 0.3 is 5.97 Å². The average molecular weight is 269 g/mol. The van der Waals surface area contributed by atoms with Crippen LogP contribution in [0.1, 0.15) is 33.1 Å². The molecule has 0 saturated carbocycles. The fourth-order valence-electron chi connectivity index (χ4n) is 1.76. The fourth-order valence-corrected chi connectivity index (χ4v) is 1.76. The van der Waals surface area contributed by atoms with Crippen LogP contribution in [-0.2, 0) is 4.79 Å². The summed E-state index contributed by atoms with van der Waals surface area (Å²) in [7, 11) is 3.96. The molecule has 0 amide bonds. The van der Waals surface area contributed by atoms with E-state index in [1.54, 1.807) is 0 Å². The van der Waals surface area contributed by atoms with Gasteiger partial charge in [-0.2, -0.15) is 5.26 Å². The molecule has 0 rings (SSSR count). The predicted octanol–water partition coefficient (Wildman–Crippen LogP) is 1.65. The second-order valence-corrected chi connectivity index (χ2v) is 5.93. The van der Waals surface area contributed by atoms with Crippen molar-refractivity contribution in [3.8, 4) is 6.07 Å². The zero-order valence-corrected chi connectivity index (χ0v) is 12.6. The number of aliphatic carboxylic acids is 1. The fraction of sp³-hybridized carbons (Fsp3) is 0.857. The molecule has 0 fully saturated rings. The summed E-state index contributed by atoms with van der Waals surface area (Å²) in [5.74, 6) is -0.781. The highest BCUT2D eigenvalue weighted by Crippen LogP contribution is 2.21. The molecule has 0 aliphatic heterocycles. The van der Waals surface area contributed by atoms with Gasteiger partial charge in [-0.1, -0.05) is 6.42 Å². The molecule has 5 heteroatoms. The normalized spacial score (nSPS) is 11.8. The third-order valence-electron chi connectivity index (χ3n) is 3.05. The minimum atomic E-state index is -0.781. The average Bonchev–Trinajstić information content (AvgIpc) is 2.30. The van der Waals surface area contributed by atoms with E-state index in [0.717, 1.165) is 38.9 Å². The van der Waals surface area contributed by atoms with Gasteiger partial charge in [-0.3, -0.25) is 9.69 Å². The van der Waals surface area contributed by atoms with Gasteiger partial charge in [-0.25, -0.2) is 0 Å². The highest BCUT2D eigenvalue weighted by atomic mass is 16.4. The van der Waals surface area contributed by atoms with Gasteiger partial charge in [-0.05, 0) is 47.3 Å². The number of hydrogen-bond acceptors (Lipinski definition) is 4. The van der Waals surface area contributed by atoms with E-state index in [2.05, 4.69) is 6.07 Å². The van der Waals surface area contributed by atoms with Crippen LogP contribution >= 0.6 is 0 Å². The van der Waals surface area contributed by atoms with Crippen LogP contribution in [0, 0.1) is 16.7 Å². The highest BCUT2D eigenvalue weighted by molar-refractivity contribution is 5.69. The molecule has 19 heavy (non-hydrogen) atoms. The SMILES string of the molecule is CN(C)CCN(CCCCC(C)(C)C#N)CC(=O)O. The van der Waals surface area contributed by atoms with E-state index in [1.807, 2.05) is 37.7 Å². The van der Waals surface area contributed by atoms with Crippen LogP contribution in [0.5, 0.6) is 0 Å². The van der Waals surface area contributed by atoms with E-state index in [9.17, 15) is 4.79 Å². The van der Waals surface area contributed by atoms with Crippen molar-refractivity contribution in [1.82, 2.24) is 9.80 Å². The molecule has 0 bridgehead atoms. The molecule has 110 valence electrons. The zero-order valence-electron chi connectivity index (χ0n) is 12.6. The summed E-state index contributed by atoms with van der Waals surface area (Å²) in [4.78, 5) is 14.8. The van der Waals surface area contributed by atoms with Crippen molar-refractivity contribution in [2.45, 2.75) is 33.1 Å². The molecule has 0 aromatic carbocycles. The Morgan fingerprint density at radius 1 is 1.21 bits per heavy atom. The molecule has 1 N–H and O–H groups in total. The van der Waals surface area contributed by atoms with E-state index in [1.165, 1.54) is 0 Å². The number of carboxylic acids is 1. The molecule has 0 radical (unpaired) electrons. The van der Waals surface area contributed by atoms with Crippen LogP contribution in [0.25, 0.3) is 0 Å². The molecule has 0 aromatic rings. The Hall–Kier alpha value is -1.12. The van der Waals surface area contributed by atoms with Gasteiger partial charge in [-0.15, -0.1) is 0 Å². The Balaban J connectivity index is 3.99. The summed E-state index contributed by atoms with van der Waals surface area (Å²) < 4.78 is 0. The Bertz CT molecular complexity index is 308. The highest BCUT2D eigenvalue weighted by Gasteiger charge is 2.16. The number of rotatable bonds is 10. The standard InChI is InChI=1S/C14H27N3O2/c1-14(2,12-15)7-5-6-8-17(11-13(18)19)10-9-16(3)4/h5-11H2,1-4H3,(H,18,19). The molecule has 0 saturated heterocycles. The number of carbonyl (C=O) groups is 1. The summed E-state index contributed by atoms with van der Waals surface area (Å²) in [6.07, 6.45) is 2.75. The molecule has 0 aliphatic rings. The third kappa shape index (κ3) is 10.5. The van der Waals surface area contributed by atoms with Crippen LogP contribution in [0.2, 0.25) is 0 Å². The summed E-state index contributed by atoms with van der Waals surface area (Å²) in [5.41, 5.74) is -0.277. The topological polar surface area (TPSA) is 67.6 Å². The van der Waals surface area contributed by atoms with E-state index < -0.39 is 5.97 Å². The largest absolute Gasteiger partial charge is 0.480 e. The lowest BCUT2D eigenvalue weighted by molar-refractivity contribution is -0.138. The van der Waals surface area contributed by atoms with Gasteiger partial charge in [0.15, 0.2) is 0 Å². The molecule has 0 aromatic heterocycles. The number of nitriles is 1. The lowest BCUT2D eigenvalue weighted by Gasteiger charge is -2.23. The van der Waals surface area contributed by atoms with Gasteiger partial charge in [0.1, 0.15) is 0 Å². The third-order valence-corrected chi connectivity index (χ3v) is 3.05. The Morgan fingerprint density at radius 2 is 1.84 bits per heavy atom. The smallest absolute Gasteiger partial charge is 0.317 e. The summed E-state index contributed by atoms with van der Waals surface area (Å²) in [6, 6.07) is 2.29. The summed E-state index contributed by atoms with van der Waals surface area (Å²) >= 11 is 0. The quantitative estimate of drug-likeness (QED) is 0.611. The summed E-state index contributed by atoms with van der Waals surface area (Å²) in [6.45, 7) is 6.37. The monoisotopic (exact) mass is 269 g/mol. The molecule has 0 heterocycles. The van der Waals surface area contributed by atoms with Crippen molar-refractivity contribution < 1.29 is 9.90 Å². The van der Waals surface area contributed by atoms with Gasteiger partial charge in [0.05, 0.1) is 18.0 Å². The molecule has 0 spiro atoms. The first-order valence-corrected chi connectivity index (χ1v) is 6.77. The van der Waals surface area contributed by atoms with Crippen molar-refractivity contribution in [2.75, 3.05) is 40.3 Å². The van der Waals surface area contributed by atoms with Crippen LogP contribution in [0.3, 0.4) is 0 Å². The minimum Gasteiger partial charge on any atom is -0.480 e. The molecule has 0 aliphatic carbocycles. The van der Waals surface area contributed by atoms with Crippen molar-refractivity contribution in [3.63, 3.8) is 0 Å². The van der Waals surface area contributed by atoms with Crippen LogP contribution in [0.15, 0.2) is 0 Å². The van der Waals surface area contributed by atoms with Crippen LogP contribution in [0.4, 0.5) is 0 Å². The Morgan fingerprint density at radius 3 is 2.32 bits per heavy atom. The van der Waals surface area contributed by atoms with E-state index in [-0.39, 0.29) is 12.0 Å². The minimum absolute atomic E-state index is 0.0927. The second kappa shape index (κ2) is 8.89. The van der Waals surface area contributed by atoms with Crippen molar-refractivity contribution in [1.29, 1.82) is 5.26 Å². The van der Waals surface area contributed by atoms with Crippen LogP contribution < -0.4 is 0 Å². The lowest BCUT2D eigenvalue weighted by Crippen LogP contribution is -2.36. The lowest BCUT2D eigenvalue weighted by atomic mass is 9.89. The Kier molecular flexibility index (Phi) is 8.37. The summed E-state index contributed by atoms with van der Waals surface area (Å²) in [5, 5.41) is 17.8. The van der Waals surface area contributed by atoms with E-state index in [4.69, 9.17) is 10.4 Å². The van der Waals surface area contributed by atoms with Gasteiger partial charge < -0.3 is 10.0 Å². The van der Waals surface area contributed by atoms with Gasteiger partial charge in [0.25, 0.3) is 0 Å². The second-order valence-electron chi connectivity index (χ2n) is 5.93. The van der Waals surface area contributed by atoms with Crippen molar-refractivity contribution >= 4 is 5.97 Å². The molecule has 0 unspecified atom stereocenters. The van der Waals surface area contributed by atoms with Crippen molar-refractivity contribution in [2.24, 2.45) is 5.41 Å². The first-order valence-electron chi connectivity index (χ1n) is 6.77. The van der Waals surface area contributed by atoms with Crippen LogP contribution in [-0.4, -0.2) is 61.2 Å².